The number of benzene rings is 1. The third-order valence-electron chi connectivity index (χ3n) is 3.34. The van der Waals surface area contributed by atoms with E-state index in [9.17, 15) is 9.90 Å². The molecule has 0 bridgehead atoms. The number of carbonyl (C=O) groups is 1. The Labute approximate surface area is 118 Å². The molecular weight excluding hydrogens is 260 g/mol. The molecule has 0 spiro atoms. The summed E-state index contributed by atoms with van der Waals surface area (Å²) in [5.74, 6) is 0.526. The van der Waals surface area contributed by atoms with Crippen molar-refractivity contribution in [3.05, 3.63) is 17.7 Å². The lowest BCUT2D eigenvalue weighted by molar-refractivity contribution is 0.0848. The Balaban J connectivity index is 3.10. The monoisotopic (exact) mass is 282 g/mol. The van der Waals surface area contributed by atoms with Crippen molar-refractivity contribution < 1.29 is 19.4 Å². The van der Waals surface area contributed by atoms with Gasteiger partial charge in [0.05, 0.1) is 31.9 Å². The average Bonchev–Trinajstić information content (AvgIpc) is 2.46. The molecule has 1 aromatic rings. The molecule has 1 atom stereocenters. The van der Waals surface area contributed by atoms with E-state index in [0.717, 1.165) is 0 Å². The molecule has 0 saturated carbocycles. The van der Waals surface area contributed by atoms with Crippen LogP contribution in [-0.4, -0.2) is 37.4 Å². The van der Waals surface area contributed by atoms with E-state index < -0.39 is 5.54 Å². The minimum absolute atomic E-state index is 0.150. The predicted molar refractivity (Wildman–Crippen MR) is 77.2 cm³/mol. The highest BCUT2D eigenvalue weighted by atomic mass is 16.5. The highest BCUT2D eigenvalue weighted by molar-refractivity contribution is 6.00. The largest absolute Gasteiger partial charge is 0.493 e. The van der Waals surface area contributed by atoms with Crippen LogP contribution in [0.25, 0.3) is 0 Å². The van der Waals surface area contributed by atoms with Gasteiger partial charge in [-0.1, -0.05) is 6.92 Å². The van der Waals surface area contributed by atoms with Crippen molar-refractivity contribution in [2.75, 3.05) is 26.6 Å². The lowest BCUT2D eigenvalue weighted by Crippen LogP contribution is -2.48. The molecule has 1 amide bonds. The van der Waals surface area contributed by atoms with Crippen LogP contribution >= 0.6 is 0 Å². The first-order valence-electron chi connectivity index (χ1n) is 6.35. The van der Waals surface area contributed by atoms with E-state index in [4.69, 9.17) is 15.2 Å². The van der Waals surface area contributed by atoms with Gasteiger partial charge in [-0.15, -0.1) is 0 Å². The molecule has 112 valence electrons. The van der Waals surface area contributed by atoms with Crippen LogP contribution in [0.15, 0.2) is 12.1 Å². The highest BCUT2D eigenvalue weighted by Gasteiger charge is 2.25. The van der Waals surface area contributed by atoms with E-state index in [2.05, 4.69) is 5.32 Å². The average molecular weight is 282 g/mol. The molecule has 6 heteroatoms. The number of anilines is 1. The molecule has 1 aromatic carbocycles. The Morgan fingerprint density at radius 1 is 1.35 bits per heavy atom. The SMILES string of the molecule is CCC(C)(CO)NC(=O)c1cc(OC)c(OC)cc1N. The molecule has 1 rings (SSSR count). The van der Waals surface area contributed by atoms with Crippen molar-refractivity contribution in [3.63, 3.8) is 0 Å². The Morgan fingerprint density at radius 3 is 2.35 bits per heavy atom. The maximum atomic E-state index is 12.3. The normalized spacial score (nSPS) is 13.4. The van der Waals surface area contributed by atoms with Crippen molar-refractivity contribution in [2.24, 2.45) is 0 Å². The summed E-state index contributed by atoms with van der Waals surface area (Å²) in [7, 11) is 2.98. The van der Waals surface area contributed by atoms with Crippen LogP contribution in [0.4, 0.5) is 5.69 Å². The van der Waals surface area contributed by atoms with Crippen molar-refractivity contribution in [1.29, 1.82) is 0 Å². The lowest BCUT2D eigenvalue weighted by atomic mass is 9.99. The first-order chi connectivity index (χ1) is 9.40. The van der Waals surface area contributed by atoms with Crippen molar-refractivity contribution in [2.45, 2.75) is 25.8 Å². The minimum atomic E-state index is -0.684. The van der Waals surface area contributed by atoms with Gasteiger partial charge in [-0.2, -0.15) is 0 Å². The Morgan fingerprint density at radius 2 is 1.90 bits per heavy atom. The number of hydrogen-bond acceptors (Lipinski definition) is 5. The summed E-state index contributed by atoms with van der Waals surface area (Å²) in [4.78, 5) is 12.3. The van der Waals surface area contributed by atoms with Crippen molar-refractivity contribution in [3.8, 4) is 11.5 Å². The third-order valence-corrected chi connectivity index (χ3v) is 3.34. The number of nitrogen functional groups attached to an aromatic ring is 1. The molecular formula is C14H22N2O4. The van der Waals surface area contributed by atoms with Gasteiger partial charge in [0.1, 0.15) is 0 Å². The number of methoxy groups -OCH3 is 2. The summed E-state index contributed by atoms with van der Waals surface area (Å²) in [6.45, 7) is 3.50. The zero-order chi connectivity index (χ0) is 15.3. The quantitative estimate of drug-likeness (QED) is 0.681. The van der Waals surface area contributed by atoms with E-state index >= 15 is 0 Å². The summed E-state index contributed by atoms with van der Waals surface area (Å²) < 4.78 is 10.3. The maximum absolute atomic E-state index is 12.3. The number of nitrogens with two attached hydrogens (primary N) is 1. The fraction of sp³-hybridized carbons (Fsp3) is 0.500. The summed E-state index contributed by atoms with van der Waals surface area (Å²) in [5.41, 5.74) is 5.76. The smallest absolute Gasteiger partial charge is 0.254 e. The molecule has 1 unspecified atom stereocenters. The molecule has 0 aromatic heterocycles. The molecule has 0 saturated heterocycles. The Bertz CT molecular complexity index is 484. The Hall–Kier alpha value is -1.95. The predicted octanol–water partition coefficient (Wildman–Crippen LogP) is 1.18. The van der Waals surface area contributed by atoms with Gasteiger partial charge < -0.3 is 25.6 Å². The topological polar surface area (TPSA) is 93.8 Å². The van der Waals surface area contributed by atoms with E-state index in [1.807, 2.05) is 6.92 Å². The van der Waals surface area contributed by atoms with E-state index in [0.29, 0.717) is 17.9 Å². The van der Waals surface area contributed by atoms with Crippen LogP contribution in [0, 0.1) is 0 Å². The minimum Gasteiger partial charge on any atom is -0.493 e. The summed E-state index contributed by atoms with van der Waals surface area (Å²) in [5, 5.41) is 12.1. The van der Waals surface area contributed by atoms with Crippen molar-refractivity contribution >= 4 is 11.6 Å². The Kier molecular flexibility index (Phi) is 5.21. The number of aliphatic hydroxyl groups excluding tert-OH is 1. The van der Waals surface area contributed by atoms with Crippen LogP contribution in [0.2, 0.25) is 0 Å². The van der Waals surface area contributed by atoms with Gasteiger partial charge in [0, 0.05) is 11.8 Å². The number of amides is 1. The molecule has 0 heterocycles. The number of rotatable bonds is 6. The number of aliphatic hydroxyl groups is 1. The lowest BCUT2D eigenvalue weighted by Gasteiger charge is -2.27. The van der Waals surface area contributed by atoms with Crippen LogP contribution in [0.3, 0.4) is 0 Å². The number of ether oxygens (including phenoxy) is 2. The first-order valence-corrected chi connectivity index (χ1v) is 6.35. The second kappa shape index (κ2) is 6.47. The molecule has 0 aliphatic heterocycles. The molecule has 20 heavy (non-hydrogen) atoms. The number of hydrogen-bond donors (Lipinski definition) is 3. The van der Waals surface area contributed by atoms with E-state index in [1.54, 1.807) is 6.92 Å². The van der Waals surface area contributed by atoms with Gasteiger partial charge in [0.2, 0.25) is 0 Å². The summed E-state index contributed by atoms with van der Waals surface area (Å²) in [6.07, 6.45) is 0.600. The van der Waals surface area contributed by atoms with Gasteiger partial charge in [-0.25, -0.2) is 0 Å². The molecule has 0 aliphatic carbocycles. The molecule has 0 fully saturated rings. The first kappa shape index (κ1) is 16.1. The molecule has 6 nitrogen and oxygen atoms in total. The van der Waals surface area contributed by atoms with E-state index in [1.165, 1.54) is 26.4 Å². The molecule has 0 radical (unpaired) electrons. The maximum Gasteiger partial charge on any atom is 0.254 e. The van der Waals surface area contributed by atoms with E-state index in [-0.39, 0.29) is 23.8 Å². The second-order valence-corrected chi connectivity index (χ2v) is 4.82. The van der Waals surface area contributed by atoms with Gasteiger partial charge in [0.25, 0.3) is 5.91 Å². The van der Waals surface area contributed by atoms with Gasteiger partial charge in [0.15, 0.2) is 11.5 Å². The van der Waals surface area contributed by atoms with Crippen LogP contribution in [-0.2, 0) is 0 Å². The summed E-state index contributed by atoms with van der Waals surface area (Å²) in [6, 6.07) is 3.06. The highest BCUT2D eigenvalue weighted by Crippen LogP contribution is 2.32. The van der Waals surface area contributed by atoms with Crippen LogP contribution < -0.4 is 20.5 Å². The second-order valence-electron chi connectivity index (χ2n) is 4.82. The van der Waals surface area contributed by atoms with Gasteiger partial charge >= 0.3 is 0 Å². The fourth-order valence-electron chi connectivity index (χ4n) is 1.67. The van der Waals surface area contributed by atoms with Gasteiger partial charge in [-0.05, 0) is 19.4 Å². The molecule has 0 aliphatic rings. The molecule has 4 N–H and O–H groups in total. The van der Waals surface area contributed by atoms with Gasteiger partial charge in [-0.3, -0.25) is 4.79 Å². The zero-order valence-electron chi connectivity index (χ0n) is 12.3. The van der Waals surface area contributed by atoms with Crippen LogP contribution in [0.1, 0.15) is 30.6 Å². The fourth-order valence-corrected chi connectivity index (χ4v) is 1.67. The van der Waals surface area contributed by atoms with Crippen molar-refractivity contribution in [1.82, 2.24) is 5.32 Å². The standard InChI is InChI=1S/C14H22N2O4/c1-5-14(2,8-17)16-13(18)9-6-11(19-3)12(20-4)7-10(9)15/h6-7,17H,5,8,15H2,1-4H3,(H,16,18). The number of nitrogens with one attached hydrogen (secondary N) is 1. The third kappa shape index (κ3) is 3.33. The zero-order valence-corrected chi connectivity index (χ0v) is 12.3. The van der Waals surface area contributed by atoms with Crippen LogP contribution in [0.5, 0.6) is 11.5 Å². The number of carbonyl (C=O) groups excluding carboxylic acids is 1. The summed E-state index contributed by atoms with van der Waals surface area (Å²) >= 11 is 0.